The zero-order valence-electron chi connectivity index (χ0n) is 9.14. The lowest BCUT2D eigenvalue weighted by Gasteiger charge is -2.05. The largest absolute Gasteiger partial charge is 0.317 e. The van der Waals surface area contributed by atoms with Gasteiger partial charge in [-0.15, -0.1) is 0 Å². The smallest absolute Gasteiger partial charge is 0.164 e. The predicted molar refractivity (Wildman–Crippen MR) is 58.6 cm³/mol. The fourth-order valence-corrected chi connectivity index (χ4v) is 1.41. The maximum atomic E-state index is 12.9. The molecule has 0 saturated heterocycles. The lowest BCUT2D eigenvalue weighted by molar-refractivity contribution is 0.0982. The van der Waals surface area contributed by atoms with E-state index in [4.69, 9.17) is 0 Å². The van der Waals surface area contributed by atoms with Gasteiger partial charge in [-0.1, -0.05) is 13.0 Å². The van der Waals surface area contributed by atoms with Crippen LogP contribution in [0.4, 0.5) is 4.39 Å². The van der Waals surface area contributed by atoms with Crippen LogP contribution in [0, 0.1) is 12.7 Å². The number of halogens is 1. The topological polar surface area (TPSA) is 29.1 Å². The Morgan fingerprint density at radius 1 is 1.47 bits per heavy atom. The number of hydrogen-bond acceptors (Lipinski definition) is 2. The molecule has 0 saturated carbocycles. The van der Waals surface area contributed by atoms with E-state index in [1.165, 1.54) is 12.1 Å². The van der Waals surface area contributed by atoms with Crippen molar-refractivity contribution in [1.29, 1.82) is 0 Å². The Morgan fingerprint density at radius 3 is 2.87 bits per heavy atom. The third-order valence-corrected chi connectivity index (χ3v) is 2.28. The number of carbonyl (C=O) groups is 1. The molecule has 0 spiro atoms. The van der Waals surface area contributed by atoms with Crippen molar-refractivity contribution in [2.24, 2.45) is 0 Å². The number of carbonyl (C=O) groups excluding carboxylic acids is 1. The fourth-order valence-electron chi connectivity index (χ4n) is 1.41. The van der Waals surface area contributed by atoms with Crippen molar-refractivity contribution in [3.05, 3.63) is 35.1 Å². The second kappa shape index (κ2) is 5.61. The first-order chi connectivity index (χ1) is 7.15. The van der Waals surface area contributed by atoms with E-state index >= 15 is 0 Å². The summed E-state index contributed by atoms with van der Waals surface area (Å²) in [7, 11) is 0. The van der Waals surface area contributed by atoms with Gasteiger partial charge >= 0.3 is 0 Å². The summed E-state index contributed by atoms with van der Waals surface area (Å²) in [5.74, 6) is -0.361. The van der Waals surface area contributed by atoms with Crippen LogP contribution in [0.15, 0.2) is 18.2 Å². The number of aryl methyl sites for hydroxylation is 1. The van der Waals surface area contributed by atoms with Crippen molar-refractivity contribution in [2.45, 2.75) is 20.3 Å². The van der Waals surface area contributed by atoms with E-state index in [2.05, 4.69) is 5.32 Å². The number of ketones is 1. The monoisotopic (exact) mass is 209 g/mol. The lowest BCUT2D eigenvalue weighted by atomic mass is 10.0. The van der Waals surface area contributed by atoms with E-state index in [1.807, 2.05) is 13.8 Å². The normalized spacial score (nSPS) is 10.3. The first-order valence-corrected chi connectivity index (χ1v) is 5.15. The summed E-state index contributed by atoms with van der Waals surface area (Å²) in [6.07, 6.45) is 0.415. The third-order valence-electron chi connectivity index (χ3n) is 2.28. The summed E-state index contributed by atoms with van der Waals surface area (Å²) in [6.45, 7) is 5.29. The van der Waals surface area contributed by atoms with Gasteiger partial charge in [-0.05, 0) is 31.2 Å². The second-order valence-corrected chi connectivity index (χ2v) is 3.49. The van der Waals surface area contributed by atoms with Crippen molar-refractivity contribution in [3.63, 3.8) is 0 Å². The average molecular weight is 209 g/mol. The van der Waals surface area contributed by atoms with E-state index in [-0.39, 0.29) is 11.6 Å². The summed E-state index contributed by atoms with van der Waals surface area (Å²) in [6, 6.07) is 4.32. The van der Waals surface area contributed by atoms with Crippen LogP contribution < -0.4 is 5.32 Å². The highest BCUT2D eigenvalue weighted by Gasteiger charge is 2.09. The minimum Gasteiger partial charge on any atom is -0.317 e. The SMILES string of the molecule is CCNCCC(=O)c1cc(F)ccc1C. The van der Waals surface area contributed by atoms with E-state index in [1.54, 1.807) is 6.07 Å². The maximum absolute atomic E-state index is 12.9. The quantitative estimate of drug-likeness (QED) is 0.595. The molecule has 0 aliphatic rings. The van der Waals surface area contributed by atoms with E-state index in [0.29, 0.717) is 18.5 Å². The predicted octanol–water partition coefficient (Wildman–Crippen LogP) is 2.32. The van der Waals surface area contributed by atoms with Crippen molar-refractivity contribution in [3.8, 4) is 0 Å². The van der Waals surface area contributed by atoms with E-state index in [9.17, 15) is 9.18 Å². The molecule has 1 N–H and O–H groups in total. The van der Waals surface area contributed by atoms with Crippen LogP contribution in [-0.2, 0) is 0 Å². The molecule has 15 heavy (non-hydrogen) atoms. The Kier molecular flexibility index (Phi) is 4.43. The summed E-state index contributed by atoms with van der Waals surface area (Å²) < 4.78 is 12.9. The summed E-state index contributed by atoms with van der Waals surface area (Å²) >= 11 is 0. The van der Waals surface area contributed by atoms with Crippen molar-refractivity contribution >= 4 is 5.78 Å². The lowest BCUT2D eigenvalue weighted by Crippen LogP contribution is -2.18. The molecule has 0 amide bonds. The van der Waals surface area contributed by atoms with Crippen LogP contribution in [0.3, 0.4) is 0 Å². The number of rotatable bonds is 5. The molecular formula is C12H16FNO. The zero-order valence-corrected chi connectivity index (χ0v) is 9.14. The Labute approximate surface area is 89.5 Å². The zero-order chi connectivity index (χ0) is 11.3. The highest BCUT2D eigenvalue weighted by atomic mass is 19.1. The summed E-state index contributed by atoms with van der Waals surface area (Å²) in [5, 5.41) is 3.07. The number of hydrogen-bond donors (Lipinski definition) is 1. The molecule has 0 heterocycles. The number of benzene rings is 1. The molecule has 2 nitrogen and oxygen atoms in total. The van der Waals surface area contributed by atoms with Gasteiger partial charge in [-0.2, -0.15) is 0 Å². The molecule has 3 heteroatoms. The van der Waals surface area contributed by atoms with Gasteiger partial charge in [0.25, 0.3) is 0 Å². The van der Waals surface area contributed by atoms with Gasteiger partial charge < -0.3 is 5.32 Å². The first kappa shape index (κ1) is 11.9. The molecule has 0 fully saturated rings. The van der Waals surface area contributed by atoms with Gasteiger partial charge in [0.15, 0.2) is 5.78 Å². The van der Waals surface area contributed by atoms with Crippen LogP contribution in [0.1, 0.15) is 29.3 Å². The highest BCUT2D eigenvalue weighted by Crippen LogP contribution is 2.12. The molecule has 0 atom stereocenters. The molecule has 82 valence electrons. The van der Waals surface area contributed by atoms with Crippen LogP contribution in [0.5, 0.6) is 0 Å². The van der Waals surface area contributed by atoms with E-state index in [0.717, 1.165) is 12.1 Å². The standard InChI is InChI=1S/C12H16FNO/c1-3-14-7-6-12(15)11-8-10(13)5-4-9(11)2/h4-5,8,14H,3,6-7H2,1-2H3. The Hall–Kier alpha value is -1.22. The van der Waals surface area contributed by atoms with Gasteiger partial charge in [0.2, 0.25) is 0 Å². The summed E-state index contributed by atoms with van der Waals surface area (Å²) in [5.41, 5.74) is 1.32. The minimum absolute atomic E-state index is 0.00653. The Bertz CT molecular complexity index is 349. The molecule has 1 aromatic carbocycles. The average Bonchev–Trinajstić information content (AvgIpc) is 2.22. The van der Waals surface area contributed by atoms with Crippen LogP contribution in [0.2, 0.25) is 0 Å². The molecule has 1 rings (SSSR count). The third kappa shape index (κ3) is 3.44. The Morgan fingerprint density at radius 2 is 2.20 bits per heavy atom. The number of Topliss-reactive ketones (excluding diaryl/α,β-unsaturated/α-hetero) is 1. The molecule has 0 unspecified atom stereocenters. The van der Waals surface area contributed by atoms with Crippen molar-refractivity contribution in [2.75, 3.05) is 13.1 Å². The molecule has 0 aliphatic heterocycles. The van der Waals surface area contributed by atoms with Gasteiger partial charge in [0.05, 0.1) is 0 Å². The van der Waals surface area contributed by atoms with E-state index < -0.39 is 0 Å². The second-order valence-electron chi connectivity index (χ2n) is 3.49. The molecule has 0 aliphatic carbocycles. The van der Waals surface area contributed by atoms with Gasteiger partial charge in [-0.3, -0.25) is 4.79 Å². The van der Waals surface area contributed by atoms with Gasteiger partial charge in [0, 0.05) is 18.5 Å². The molecule has 0 bridgehead atoms. The summed E-state index contributed by atoms with van der Waals surface area (Å²) in [4.78, 5) is 11.7. The minimum atomic E-state index is -0.354. The fraction of sp³-hybridized carbons (Fsp3) is 0.417. The highest BCUT2D eigenvalue weighted by molar-refractivity contribution is 5.97. The number of nitrogens with one attached hydrogen (secondary N) is 1. The maximum Gasteiger partial charge on any atom is 0.164 e. The van der Waals surface area contributed by atoms with Crippen molar-refractivity contribution in [1.82, 2.24) is 5.32 Å². The van der Waals surface area contributed by atoms with Gasteiger partial charge in [0.1, 0.15) is 5.82 Å². The first-order valence-electron chi connectivity index (χ1n) is 5.15. The van der Waals surface area contributed by atoms with Crippen molar-refractivity contribution < 1.29 is 9.18 Å². The molecular weight excluding hydrogens is 193 g/mol. The van der Waals surface area contributed by atoms with Crippen LogP contribution in [0.25, 0.3) is 0 Å². The molecule has 0 radical (unpaired) electrons. The van der Waals surface area contributed by atoms with Gasteiger partial charge in [-0.25, -0.2) is 4.39 Å². The molecule has 0 aromatic heterocycles. The van der Waals surface area contributed by atoms with Crippen LogP contribution in [-0.4, -0.2) is 18.9 Å². The Balaban J connectivity index is 2.68. The molecule has 1 aromatic rings. The van der Waals surface area contributed by atoms with Crippen LogP contribution >= 0.6 is 0 Å².